The summed E-state index contributed by atoms with van der Waals surface area (Å²) in [7, 11) is 0. The zero-order chi connectivity index (χ0) is 18.0. The zero-order valence-electron chi connectivity index (χ0n) is 12.9. The Morgan fingerprint density at radius 1 is 1.38 bits per heavy atom. The summed E-state index contributed by atoms with van der Waals surface area (Å²) in [6, 6.07) is -0.783. The lowest BCUT2D eigenvalue weighted by Crippen LogP contribution is -2.70. The minimum Gasteiger partial charge on any atom is -0.479 e. The first-order valence-electron chi connectivity index (χ1n) is 7.32. The van der Waals surface area contributed by atoms with Gasteiger partial charge in [0.05, 0.1) is 0 Å². The Morgan fingerprint density at radius 3 is 2.62 bits per heavy atom. The van der Waals surface area contributed by atoms with Gasteiger partial charge in [-0.25, -0.2) is 9.59 Å². The summed E-state index contributed by atoms with van der Waals surface area (Å²) in [4.78, 5) is 46.9. The van der Waals surface area contributed by atoms with Crippen LogP contribution in [0.25, 0.3) is 0 Å². The molecule has 0 spiro atoms. The van der Waals surface area contributed by atoms with Crippen LogP contribution >= 0.6 is 11.8 Å². The van der Waals surface area contributed by atoms with Gasteiger partial charge in [0.15, 0.2) is 6.10 Å². The van der Waals surface area contributed by atoms with E-state index in [1.54, 1.807) is 6.92 Å². The molecule has 3 atom stereocenters. The summed E-state index contributed by atoms with van der Waals surface area (Å²) in [6.45, 7) is 1.65. The first-order chi connectivity index (χ1) is 11.2. The van der Waals surface area contributed by atoms with Crippen LogP contribution in [0.3, 0.4) is 0 Å². The molecular formula is C14H18N2O7S. The second-order valence-electron chi connectivity index (χ2n) is 5.64. The van der Waals surface area contributed by atoms with Crippen molar-refractivity contribution in [2.45, 2.75) is 43.7 Å². The van der Waals surface area contributed by atoms with Crippen LogP contribution < -0.4 is 5.32 Å². The number of nitrogens with one attached hydrogen (secondary N) is 1. The topological polar surface area (TPSA) is 144 Å². The number of aliphatic carboxylic acids is 2. The van der Waals surface area contributed by atoms with Crippen molar-refractivity contribution in [2.24, 2.45) is 0 Å². The first-order valence-corrected chi connectivity index (χ1v) is 8.37. The van der Waals surface area contributed by atoms with Gasteiger partial charge < -0.3 is 20.6 Å². The minimum absolute atomic E-state index is 0.0217. The fourth-order valence-electron chi connectivity index (χ4n) is 2.60. The molecule has 2 heterocycles. The van der Waals surface area contributed by atoms with E-state index < -0.39 is 41.3 Å². The van der Waals surface area contributed by atoms with Gasteiger partial charge in [-0.15, -0.1) is 11.8 Å². The predicted octanol–water partition coefficient (Wildman–Crippen LogP) is -0.639. The number of amides is 2. The van der Waals surface area contributed by atoms with Crippen molar-refractivity contribution in [3.63, 3.8) is 0 Å². The van der Waals surface area contributed by atoms with Crippen LogP contribution in [0.5, 0.6) is 0 Å². The molecular weight excluding hydrogens is 340 g/mol. The highest BCUT2D eigenvalue weighted by Crippen LogP contribution is 2.40. The summed E-state index contributed by atoms with van der Waals surface area (Å²) in [5.74, 6) is -2.95. The molecule has 9 nitrogen and oxygen atoms in total. The number of rotatable bonds is 7. The number of aliphatic hydroxyl groups excluding tert-OH is 1. The molecule has 0 aromatic carbocycles. The monoisotopic (exact) mass is 358 g/mol. The number of aliphatic hydroxyl groups is 1. The largest absolute Gasteiger partial charge is 0.479 e. The Morgan fingerprint density at radius 2 is 2.04 bits per heavy atom. The lowest BCUT2D eigenvalue weighted by Gasteiger charge is -2.49. The smallest absolute Gasteiger partial charge is 0.352 e. The Bertz CT molecular complexity index is 618. The molecule has 2 aliphatic heterocycles. The fraction of sp³-hybridized carbons (Fsp3) is 0.571. The summed E-state index contributed by atoms with van der Waals surface area (Å²) >= 11 is 1.38. The van der Waals surface area contributed by atoms with Crippen molar-refractivity contribution in [3.05, 3.63) is 11.3 Å². The third-order valence-electron chi connectivity index (χ3n) is 3.84. The average Bonchev–Trinajstić information content (AvgIpc) is 2.51. The number of carbonyl (C=O) groups excluding carboxylic acids is 2. The molecule has 1 fully saturated rings. The highest BCUT2D eigenvalue weighted by molar-refractivity contribution is 8.00. The van der Waals surface area contributed by atoms with Crippen LogP contribution in [0.1, 0.15) is 26.2 Å². The average molecular weight is 358 g/mol. The normalized spacial score (nSPS) is 24.1. The molecule has 24 heavy (non-hydrogen) atoms. The third kappa shape index (κ3) is 3.54. The van der Waals surface area contributed by atoms with Gasteiger partial charge in [-0.05, 0) is 25.3 Å². The molecule has 1 saturated heterocycles. The Balaban J connectivity index is 1.88. The summed E-state index contributed by atoms with van der Waals surface area (Å²) in [5, 5.41) is 29.0. The SMILES string of the molecule is CC1=C(C(=O)O)N2C(=O)[C@@H](NC(=O)CCC[C@@H](O)C(=O)O)[C@H]2SC1. The number of nitrogens with zero attached hydrogens (tertiary/aromatic N) is 1. The summed E-state index contributed by atoms with van der Waals surface area (Å²) in [5.41, 5.74) is 0.573. The van der Waals surface area contributed by atoms with Gasteiger partial charge in [-0.2, -0.15) is 0 Å². The van der Waals surface area contributed by atoms with Crippen LogP contribution in [0.15, 0.2) is 11.3 Å². The lowest BCUT2D eigenvalue weighted by atomic mass is 10.0. The maximum atomic E-state index is 12.1. The van der Waals surface area contributed by atoms with E-state index in [0.717, 1.165) is 0 Å². The molecule has 0 saturated carbocycles. The predicted molar refractivity (Wildman–Crippen MR) is 82.9 cm³/mol. The molecule has 0 aromatic rings. The van der Waals surface area contributed by atoms with E-state index >= 15 is 0 Å². The second-order valence-corrected chi connectivity index (χ2v) is 6.74. The number of hydrogen-bond donors (Lipinski definition) is 4. The van der Waals surface area contributed by atoms with E-state index in [1.807, 2.05) is 0 Å². The Kier molecular flexibility index (Phi) is 5.50. The molecule has 0 unspecified atom stereocenters. The van der Waals surface area contributed by atoms with Crippen molar-refractivity contribution < 1.29 is 34.5 Å². The zero-order valence-corrected chi connectivity index (χ0v) is 13.7. The molecule has 2 amide bonds. The van der Waals surface area contributed by atoms with Gasteiger partial charge in [0.2, 0.25) is 5.91 Å². The van der Waals surface area contributed by atoms with Crippen molar-refractivity contribution in [1.29, 1.82) is 0 Å². The molecule has 10 heteroatoms. The number of fused-ring (bicyclic) bond motifs is 1. The molecule has 4 N–H and O–H groups in total. The maximum Gasteiger partial charge on any atom is 0.352 e. The molecule has 132 valence electrons. The van der Waals surface area contributed by atoms with Gasteiger partial charge >= 0.3 is 11.9 Å². The van der Waals surface area contributed by atoms with Crippen LogP contribution in [0.2, 0.25) is 0 Å². The van der Waals surface area contributed by atoms with E-state index in [0.29, 0.717) is 11.3 Å². The standard InChI is InChI=1S/C14H18N2O7S/c1-6-5-24-12-9(11(19)16(12)10(6)14(22)23)15-8(18)4-2-3-7(17)13(20)21/h7,9,12,17H,2-5H2,1H3,(H,15,18)(H,20,21)(H,22,23)/t7-,9-,12-/m1/s1. The number of carboxylic acid groups (broad SMARTS) is 2. The third-order valence-corrected chi connectivity index (χ3v) is 5.27. The van der Waals surface area contributed by atoms with E-state index in [9.17, 15) is 24.3 Å². The number of carboxylic acids is 2. The second kappa shape index (κ2) is 7.22. The molecule has 0 aliphatic carbocycles. The highest BCUT2D eigenvalue weighted by Gasteiger charge is 2.53. The fourth-order valence-corrected chi connectivity index (χ4v) is 3.89. The Hall–Kier alpha value is -2.07. The molecule has 2 rings (SSSR count). The molecule has 0 bridgehead atoms. The van der Waals surface area contributed by atoms with Crippen molar-refractivity contribution >= 4 is 35.5 Å². The van der Waals surface area contributed by atoms with Crippen LogP contribution in [-0.2, 0) is 19.2 Å². The van der Waals surface area contributed by atoms with Gasteiger partial charge in [0.25, 0.3) is 5.91 Å². The lowest BCUT2D eigenvalue weighted by molar-refractivity contribution is -0.150. The quantitative estimate of drug-likeness (QED) is 0.440. The van der Waals surface area contributed by atoms with Crippen molar-refractivity contribution in [3.8, 4) is 0 Å². The number of thioether (sulfide) groups is 1. The summed E-state index contributed by atoms with van der Waals surface area (Å²) < 4.78 is 0. The number of β-lactam (4-membered cyclic amide) rings is 1. The van der Waals surface area contributed by atoms with Crippen molar-refractivity contribution in [1.82, 2.24) is 10.2 Å². The highest BCUT2D eigenvalue weighted by atomic mass is 32.2. The number of carbonyl (C=O) groups is 4. The molecule has 0 aromatic heterocycles. The van der Waals surface area contributed by atoms with Gasteiger partial charge in [-0.3, -0.25) is 14.5 Å². The molecule has 0 radical (unpaired) electrons. The van der Waals surface area contributed by atoms with E-state index in [-0.39, 0.29) is 25.0 Å². The van der Waals surface area contributed by atoms with Crippen LogP contribution in [0, 0.1) is 0 Å². The number of hydrogen-bond acceptors (Lipinski definition) is 6. The molecule has 2 aliphatic rings. The van der Waals surface area contributed by atoms with Crippen molar-refractivity contribution in [2.75, 3.05) is 5.75 Å². The van der Waals surface area contributed by atoms with Gasteiger partial charge in [-0.1, -0.05) is 0 Å². The van der Waals surface area contributed by atoms with Crippen LogP contribution in [0.4, 0.5) is 0 Å². The van der Waals surface area contributed by atoms with Gasteiger partial charge in [0.1, 0.15) is 17.1 Å². The van der Waals surface area contributed by atoms with E-state index in [2.05, 4.69) is 5.32 Å². The maximum absolute atomic E-state index is 12.1. The van der Waals surface area contributed by atoms with Gasteiger partial charge in [0, 0.05) is 12.2 Å². The first kappa shape index (κ1) is 18.3. The van der Waals surface area contributed by atoms with Crippen LogP contribution in [-0.4, -0.2) is 67.2 Å². The minimum atomic E-state index is -1.52. The van der Waals surface area contributed by atoms with E-state index in [1.165, 1.54) is 16.7 Å². The Labute approximate surface area is 141 Å². The summed E-state index contributed by atoms with van der Waals surface area (Å²) in [6.07, 6.45) is -1.43. The van der Waals surface area contributed by atoms with E-state index in [4.69, 9.17) is 10.2 Å².